The van der Waals surface area contributed by atoms with Crippen LogP contribution in [0.2, 0.25) is 0 Å². The smallest absolute Gasteiger partial charge is 0.311 e. The van der Waals surface area contributed by atoms with Crippen LogP contribution >= 0.6 is 0 Å². The number of carbonyl (C=O) groups is 2. The number of nitrogens with one attached hydrogen (secondary N) is 1. The molecule has 0 spiro atoms. The first-order chi connectivity index (χ1) is 12.7. The lowest BCUT2D eigenvalue weighted by Crippen LogP contribution is -2.12. The van der Waals surface area contributed by atoms with Gasteiger partial charge in [0.25, 0.3) is 0 Å². The van der Waals surface area contributed by atoms with E-state index < -0.39 is 0 Å². The highest BCUT2D eigenvalue weighted by Crippen LogP contribution is 2.19. The molecule has 1 amide bonds. The summed E-state index contributed by atoms with van der Waals surface area (Å²) >= 11 is 0. The van der Waals surface area contributed by atoms with Crippen LogP contribution in [0.25, 0.3) is 0 Å². The Morgan fingerprint density at radius 3 is 2.12 bits per heavy atom. The van der Waals surface area contributed by atoms with E-state index in [0.717, 1.165) is 25.7 Å². The van der Waals surface area contributed by atoms with Gasteiger partial charge >= 0.3 is 5.97 Å². The zero-order valence-corrected chi connectivity index (χ0v) is 16.5. The maximum atomic E-state index is 12.0. The minimum Gasteiger partial charge on any atom is -0.426 e. The molecule has 0 aliphatic rings. The molecule has 1 N–H and O–H groups in total. The topological polar surface area (TPSA) is 55.4 Å². The molecule has 0 radical (unpaired) electrons. The van der Waals surface area contributed by atoms with Crippen LogP contribution in [0.4, 0.5) is 5.69 Å². The maximum Gasteiger partial charge on any atom is 0.311 e. The zero-order chi connectivity index (χ0) is 19.0. The van der Waals surface area contributed by atoms with Crippen LogP contribution in [0.1, 0.15) is 90.9 Å². The second-order valence-corrected chi connectivity index (χ2v) is 6.88. The molecule has 0 saturated carbocycles. The molecular weight excluding hydrogens is 326 g/mol. The van der Waals surface area contributed by atoms with Gasteiger partial charge in [0.05, 0.1) is 0 Å². The minimum absolute atomic E-state index is 0.0147. The number of esters is 1. The summed E-state index contributed by atoms with van der Waals surface area (Å²) in [4.78, 5) is 23.9. The number of hydrogen-bond acceptors (Lipinski definition) is 3. The number of benzene rings is 1. The lowest BCUT2D eigenvalue weighted by Gasteiger charge is -2.08. The molecule has 0 aliphatic heterocycles. The number of rotatable bonds is 14. The molecule has 146 valence electrons. The summed E-state index contributed by atoms with van der Waals surface area (Å²) in [5.41, 5.74) is 0.678. The number of anilines is 1. The molecule has 0 unspecified atom stereocenters. The van der Waals surface area contributed by atoms with Crippen molar-refractivity contribution in [2.45, 2.75) is 90.9 Å². The molecule has 0 bridgehead atoms. The monoisotopic (exact) mass is 361 g/mol. The van der Waals surface area contributed by atoms with Crippen LogP contribution < -0.4 is 10.1 Å². The van der Waals surface area contributed by atoms with Gasteiger partial charge in [0.15, 0.2) is 0 Å². The predicted octanol–water partition coefficient (Wildman–Crippen LogP) is 6.25. The van der Waals surface area contributed by atoms with Crippen molar-refractivity contribution in [3.8, 4) is 5.75 Å². The van der Waals surface area contributed by atoms with Crippen LogP contribution in [0.3, 0.4) is 0 Å². The van der Waals surface area contributed by atoms with Crippen LogP contribution in [0, 0.1) is 0 Å². The summed E-state index contributed by atoms with van der Waals surface area (Å²) in [5.74, 6) is 0.297. The minimum atomic E-state index is -0.208. The molecule has 0 aliphatic carbocycles. The standard InChI is InChI=1S/C22H35NO3/c1-3-5-7-9-11-16-21(24)23-19-14-13-15-20(18-19)26-22(25)17-12-10-8-6-4-2/h13-15,18H,3-12,16-17H2,1-2H3,(H,23,24). The van der Waals surface area contributed by atoms with Gasteiger partial charge in [-0.1, -0.05) is 71.3 Å². The average Bonchev–Trinajstić information content (AvgIpc) is 2.61. The summed E-state index contributed by atoms with van der Waals surface area (Å²) in [6.07, 6.45) is 12.1. The molecule has 0 aromatic heterocycles. The largest absolute Gasteiger partial charge is 0.426 e. The van der Waals surface area contributed by atoms with Crippen LogP contribution in [-0.4, -0.2) is 11.9 Å². The van der Waals surface area contributed by atoms with Crippen LogP contribution in [-0.2, 0) is 9.59 Å². The van der Waals surface area contributed by atoms with Crippen molar-refractivity contribution in [1.29, 1.82) is 0 Å². The third-order valence-corrected chi connectivity index (χ3v) is 4.34. The molecule has 0 atom stereocenters. The van der Waals surface area contributed by atoms with Gasteiger partial charge in [-0.05, 0) is 25.0 Å². The Kier molecular flexibility index (Phi) is 12.2. The molecule has 4 nitrogen and oxygen atoms in total. The van der Waals surface area contributed by atoms with Crippen molar-refractivity contribution < 1.29 is 14.3 Å². The first-order valence-corrected chi connectivity index (χ1v) is 10.3. The number of unbranched alkanes of at least 4 members (excludes halogenated alkanes) is 8. The third kappa shape index (κ3) is 10.9. The number of carbonyl (C=O) groups excluding carboxylic acids is 2. The summed E-state index contributed by atoms with van der Waals surface area (Å²) in [5, 5.41) is 2.88. The Morgan fingerprint density at radius 2 is 1.46 bits per heavy atom. The van der Waals surface area contributed by atoms with Gasteiger partial charge in [-0.2, -0.15) is 0 Å². The highest BCUT2D eigenvalue weighted by atomic mass is 16.5. The summed E-state index contributed by atoms with van der Waals surface area (Å²) in [7, 11) is 0. The zero-order valence-electron chi connectivity index (χ0n) is 16.5. The summed E-state index contributed by atoms with van der Waals surface area (Å²) < 4.78 is 5.38. The summed E-state index contributed by atoms with van der Waals surface area (Å²) in [6.45, 7) is 4.35. The van der Waals surface area contributed by atoms with E-state index in [1.54, 1.807) is 18.2 Å². The number of hydrogen-bond donors (Lipinski definition) is 1. The molecule has 1 rings (SSSR count). The van der Waals surface area contributed by atoms with E-state index in [4.69, 9.17) is 4.74 Å². The molecule has 0 heterocycles. The fourth-order valence-electron chi connectivity index (χ4n) is 2.81. The molecule has 26 heavy (non-hydrogen) atoms. The van der Waals surface area contributed by atoms with Gasteiger partial charge in [-0.15, -0.1) is 0 Å². The molecule has 1 aromatic carbocycles. The van der Waals surface area contributed by atoms with Crippen molar-refractivity contribution >= 4 is 17.6 Å². The second kappa shape index (κ2) is 14.3. The van der Waals surface area contributed by atoms with Gasteiger partial charge in [0.2, 0.25) is 5.91 Å². The van der Waals surface area contributed by atoms with E-state index in [9.17, 15) is 9.59 Å². The normalized spacial score (nSPS) is 10.5. The summed E-state index contributed by atoms with van der Waals surface area (Å²) in [6, 6.07) is 7.07. The molecule has 4 heteroatoms. The average molecular weight is 362 g/mol. The van der Waals surface area contributed by atoms with E-state index in [2.05, 4.69) is 19.2 Å². The molecule has 0 fully saturated rings. The Hall–Kier alpha value is -1.84. The molecule has 1 aromatic rings. The van der Waals surface area contributed by atoms with E-state index in [0.29, 0.717) is 24.3 Å². The Labute approximate surface area is 158 Å². The van der Waals surface area contributed by atoms with Gasteiger partial charge < -0.3 is 10.1 Å². The molecular formula is C22H35NO3. The van der Waals surface area contributed by atoms with Crippen LogP contribution in [0.15, 0.2) is 24.3 Å². The predicted molar refractivity (Wildman–Crippen MR) is 107 cm³/mol. The molecule has 0 saturated heterocycles. The van der Waals surface area contributed by atoms with E-state index in [-0.39, 0.29) is 11.9 Å². The second-order valence-electron chi connectivity index (χ2n) is 6.88. The fraction of sp³-hybridized carbons (Fsp3) is 0.636. The maximum absolute atomic E-state index is 12.0. The first kappa shape index (κ1) is 22.2. The quantitative estimate of drug-likeness (QED) is 0.242. The lowest BCUT2D eigenvalue weighted by molar-refractivity contribution is -0.134. The van der Waals surface area contributed by atoms with Crippen molar-refractivity contribution in [2.24, 2.45) is 0 Å². The number of amides is 1. The lowest BCUT2D eigenvalue weighted by atomic mass is 10.1. The third-order valence-electron chi connectivity index (χ3n) is 4.34. The number of ether oxygens (including phenoxy) is 1. The highest BCUT2D eigenvalue weighted by Gasteiger charge is 2.07. The van der Waals surface area contributed by atoms with Crippen LogP contribution in [0.5, 0.6) is 5.75 Å². The van der Waals surface area contributed by atoms with Gasteiger partial charge in [-0.25, -0.2) is 0 Å². The van der Waals surface area contributed by atoms with E-state index in [1.165, 1.54) is 38.5 Å². The highest BCUT2D eigenvalue weighted by molar-refractivity contribution is 5.90. The van der Waals surface area contributed by atoms with Crippen molar-refractivity contribution in [3.63, 3.8) is 0 Å². The van der Waals surface area contributed by atoms with Gasteiger partial charge in [0.1, 0.15) is 5.75 Å². The Bertz CT molecular complexity index is 485. The fourth-order valence-corrected chi connectivity index (χ4v) is 2.81. The van der Waals surface area contributed by atoms with Gasteiger partial charge in [0, 0.05) is 24.6 Å². The van der Waals surface area contributed by atoms with Crippen molar-refractivity contribution in [2.75, 3.05) is 5.32 Å². The van der Waals surface area contributed by atoms with Gasteiger partial charge in [-0.3, -0.25) is 9.59 Å². The van der Waals surface area contributed by atoms with E-state index in [1.807, 2.05) is 6.07 Å². The first-order valence-electron chi connectivity index (χ1n) is 10.3. The van der Waals surface area contributed by atoms with Crippen molar-refractivity contribution in [1.82, 2.24) is 0 Å². The Morgan fingerprint density at radius 1 is 0.846 bits per heavy atom. The SMILES string of the molecule is CCCCCCCC(=O)Nc1cccc(OC(=O)CCCCCCC)c1. The Balaban J connectivity index is 2.30. The van der Waals surface area contributed by atoms with E-state index >= 15 is 0 Å². The van der Waals surface area contributed by atoms with Crippen molar-refractivity contribution in [3.05, 3.63) is 24.3 Å².